The first-order valence-electron chi connectivity index (χ1n) is 7.48. The lowest BCUT2D eigenvalue weighted by Gasteiger charge is -2.10. The maximum Gasteiger partial charge on any atom is 0.266 e. The van der Waals surface area contributed by atoms with E-state index in [0.717, 1.165) is 0 Å². The van der Waals surface area contributed by atoms with E-state index >= 15 is 0 Å². The van der Waals surface area contributed by atoms with E-state index in [9.17, 15) is 9.59 Å². The number of anilines is 1. The molecule has 0 aliphatic rings. The molecule has 2 heterocycles. The molecule has 0 saturated heterocycles. The van der Waals surface area contributed by atoms with E-state index in [1.165, 1.54) is 18.4 Å². The van der Waals surface area contributed by atoms with Crippen LogP contribution in [0.15, 0.2) is 23.0 Å². The fourth-order valence-corrected chi connectivity index (χ4v) is 3.69. The topological polar surface area (TPSA) is 93.3 Å². The van der Waals surface area contributed by atoms with Gasteiger partial charge in [0.05, 0.1) is 24.5 Å². The predicted octanol–water partition coefficient (Wildman–Crippen LogP) is 2.87. The standard InChI is InChI=1S/C17H17N3O4S/c1-8-13-15(21)18-9(2)19-17(13)25-14(8)16(22)20-10-5-6-11(23-3)12(7-10)24-4/h5-7H,1-4H3,(H,20,22)(H,18,19,21). The molecule has 3 rings (SSSR count). The quantitative estimate of drug-likeness (QED) is 0.747. The van der Waals surface area contributed by atoms with E-state index in [1.807, 2.05) is 0 Å². The first-order chi connectivity index (χ1) is 11.9. The number of rotatable bonds is 4. The smallest absolute Gasteiger partial charge is 0.266 e. The molecule has 0 radical (unpaired) electrons. The summed E-state index contributed by atoms with van der Waals surface area (Å²) in [6, 6.07) is 5.10. The Morgan fingerprint density at radius 1 is 1.20 bits per heavy atom. The number of aryl methyl sites for hydroxylation is 2. The van der Waals surface area contributed by atoms with E-state index in [2.05, 4.69) is 15.3 Å². The van der Waals surface area contributed by atoms with Gasteiger partial charge in [-0.15, -0.1) is 11.3 Å². The van der Waals surface area contributed by atoms with Crippen molar-refractivity contribution in [3.8, 4) is 11.5 Å². The Kier molecular flexibility index (Phi) is 4.45. The molecule has 0 atom stereocenters. The van der Waals surface area contributed by atoms with Crippen LogP contribution in [0.4, 0.5) is 5.69 Å². The maximum absolute atomic E-state index is 12.6. The summed E-state index contributed by atoms with van der Waals surface area (Å²) >= 11 is 1.20. The molecule has 3 aromatic rings. The third kappa shape index (κ3) is 3.08. The molecule has 25 heavy (non-hydrogen) atoms. The van der Waals surface area contributed by atoms with Gasteiger partial charge in [-0.3, -0.25) is 9.59 Å². The zero-order valence-corrected chi connectivity index (χ0v) is 15.0. The number of H-pyrrole nitrogens is 1. The second kappa shape index (κ2) is 6.56. The fraction of sp³-hybridized carbons (Fsp3) is 0.235. The minimum atomic E-state index is -0.301. The molecule has 7 nitrogen and oxygen atoms in total. The Balaban J connectivity index is 1.97. The normalized spacial score (nSPS) is 10.7. The number of amides is 1. The van der Waals surface area contributed by atoms with Crippen molar-refractivity contribution in [2.75, 3.05) is 19.5 Å². The molecule has 1 aromatic carbocycles. The molecular weight excluding hydrogens is 342 g/mol. The van der Waals surface area contributed by atoms with Crippen molar-refractivity contribution in [1.82, 2.24) is 9.97 Å². The Hall–Kier alpha value is -2.87. The monoisotopic (exact) mass is 359 g/mol. The molecule has 0 aliphatic carbocycles. The van der Waals surface area contributed by atoms with Crippen LogP contribution in [0.2, 0.25) is 0 Å². The summed E-state index contributed by atoms with van der Waals surface area (Å²) in [6.07, 6.45) is 0. The average Bonchev–Trinajstić information content (AvgIpc) is 2.91. The molecule has 0 unspecified atom stereocenters. The number of carbonyl (C=O) groups is 1. The zero-order chi connectivity index (χ0) is 18.1. The van der Waals surface area contributed by atoms with E-state index in [0.29, 0.717) is 43.7 Å². The van der Waals surface area contributed by atoms with Crippen LogP contribution < -0.4 is 20.3 Å². The van der Waals surface area contributed by atoms with Crippen LogP contribution in [-0.2, 0) is 0 Å². The Morgan fingerprint density at radius 3 is 2.60 bits per heavy atom. The van der Waals surface area contributed by atoms with Gasteiger partial charge in [0.25, 0.3) is 11.5 Å². The van der Waals surface area contributed by atoms with Gasteiger partial charge in [-0.2, -0.15) is 0 Å². The van der Waals surface area contributed by atoms with Gasteiger partial charge in [0.2, 0.25) is 0 Å². The fourth-order valence-electron chi connectivity index (χ4n) is 2.57. The minimum Gasteiger partial charge on any atom is -0.493 e. The van der Waals surface area contributed by atoms with Gasteiger partial charge >= 0.3 is 0 Å². The van der Waals surface area contributed by atoms with Crippen molar-refractivity contribution in [2.24, 2.45) is 0 Å². The average molecular weight is 359 g/mol. The number of nitrogens with zero attached hydrogens (tertiary/aromatic N) is 1. The Morgan fingerprint density at radius 2 is 1.92 bits per heavy atom. The summed E-state index contributed by atoms with van der Waals surface area (Å²) in [4.78, 5) is 32.7. The molecule has 2 N–H and O–H groups in total. The summed E-state index contributed by atoms with van der Waals surface area (Å²) in [6.45, 7) is 3.45. The van der Waals surface area contributed by atoms with Gasteiger partial charge < -0.3 is 19.8 Å². The number of ether oxygens (including phenoxy) is 2. The molecule has 0 fully saturated rings. The largest absolute Gasteiger partial charge is 0.493 e. The third-order valence-corrected chi connectivity index (χ3v) is 4.95. The lowest BCUT2D eigenvalue weighted by Crippen LogP contribution is -2.12. The van der Waals surface area contributed by atoms with E-state index in [4.69, 9.17) is 9.47 Å². The van der Waals surface area contributed by atoms with Crippen molar-refractivity contribution in [3.05, 3.63) is 44.8 Å². The summed E-state index contributed by atoms with van der Waals surface area (Å²) < 4.78 is 10.4. The van der Waals surface area contributed by atoms with Gasteiger partial charge in [0.1, 0.15) is 10.7 Å². The number of hydrogen-bond acceptors (Lipinski definition) is 6. The summed E-state index contributed by atoms with van der Waals surface area (Å²) in [5, 5.41) is 3.27. The maximum atomic E-state index is 12.6. The summed E-state index contributed by atoms with van der Waals surface area (Å²) in [5.74, 6) is 1.31. The number of benzene rings is 1. The summed E-state index contributed by atoms with van der Waals surface area (Å²) in [5.41, 5.74) is 0.950. The molecular formula is C17H17N3O4S. The zero-order valence-electron chi connectivity index (χ0n) is 14.2. The number of fused-ring (bicyclic) bond motifs is 1. The third-order valence-electron chi connectivity index (χ3n) is 3.77. The SMILES string of the molecule is COc1ccc(NC(=O)c2sc3nc(C)[nH]c(=O)c3c2C)cc1OC. The summed E-state index contributed by atoms with van der Waals surface area (Å²) in [7, 11) is 3.07. The first kappa shape index (κ1) is 17.0. The number of hydrogen-bond donors (Lipinski definition) is 2. The molecule has 2 aromatic heterocycles. The van der Waals surface area contributed by atoms with Crippen molar-refractivity contribution in [1.29, 1.82) is 0 Å². The van der Waals surface area contributed by atoms with E-state index < -0.39 is 0 Å². The van der Waals surface area contributed by atoms with Crippen LogP contribution >= 0.6 is 11.3 Å². The minimum absolute atomic E-state index is 0.235. The lowest BCUT2D eigenvalue weighted by molar-refractivity contribution is 0.103. The first-order valence-corrected chi connectivity index (χ1v) is 8.29. The molecule has 1 amide bonds. The number of methoxy groups -OCH3 is 2. The highest BCUT2D eigenvalue weighted by molar-refractivity contribution is 7.20. The van der Waals surface area contributed by atoms with E-state index in [-0.39, 0.29) is 11.5 Å². The number of carbonyl (C=O) groups excluding carboxylic acids is 1. The molecule has 8 heteroatoms. The van der Waals surface area contributed by atoms with Crippen LogP contribution in [-0.4, -0.2) is 30.1 Å². The van der Waals surface area contributed by atoms with Crippen LogP contribution in [0, 0.1) is 13.8 Å². The number of aromatic nitrogens is 2. The predicted molar refractivity (Wildman–Crippen MR) is 97.2 cm³/mol. The highest BCUT2D eigenvalue weighted by Gasteiger charge is 2.19. The van der Waals surface area contributed by atoms with Gasteiger partial charge in [0, 0.05) is 11.8 Å². The van der Waals surface area contributed by atoms with Crippen LogP contribution in [0.3, 0.4) is 0 Å². The van der Waals surface area contributed by atoms with Crippen molar-refractivity contribution < 1.29 is 14.3 Å². The van der Waals surface area contributed by atoms with Gasteiger partial charge in [0.15, 0.2) is 11.5 Å². The molecule has 0 saturated carbocycles. The van der Waals surface area contributed by atoms with Crippen LogP contribution in [0.5, 0.6) is 11.5 Å². The highest BCUT2D eigenvalue weighted by Crippen LogP contribution is 2.31. The van der Waals surface area contributed by atoms with Crippen LogP contribution in [0.25, 0.3) is 10.2 Å². The van der Waals surface area contributed by atoms with Crippen molar-refractivity contribution in [2.45, 2.75) is 13.8 Å². The Bertz CT molecular complexity index is 1020. The molecule has 0 aliphatic heterocycles. The van der Waals surface area contributed by atoms with Crippen molar-refractivity contribution >= 4 is 33.1 Å². The lowest BCUT2D eigenvalue weighted by atomic mass is 10.2. The molecule has 0 bridgehead atoms. The second-order valence-corrected chi connectivity index (χ2v) is 6.41. The number of thiophene rings is 1. The molecule has 130 valence electrons. The Labute approximate surface area is 147 Å². The van der Waals surface area contributed by atoms with Crippen molar-refractivity contribution in [3.63, 3.8) is 0 Å². The highest BCUT2D eigenvalue weighted by atomic mass is 32.1. The van der Waals surface area contributed by atoms with Crippen LogP contribution in [0.1, 0.15) is 21.1 Å². The number of aromatic amines is 1. The second-order valence-electron chi connectivity index (χ2n) is 5.41. The van der Waals surface area contributed by atoms with Gasteiger partial charge in [-0.25, -0.2) is 4.98 Å². The van der Waals surface area contributed by atoms with Gasteiger partial charge in [-0.1, -0.05) is 0 Å². The van der Waals surface area contributed by atoms with E-state index in [1.54, 1.807) is 39.2 Å². The molecule has 0 spiro atoms. The van der Waals surface area contributed by atoms with Gasteiger partial charge in [-0.05, 0) is 31.5 Å². The number of nitrogens with one attached hydrogen (secondary N) is 2.